The summed E-state index contributed by atoms with van der Waals surface area (Å²) in [4.78, 5) is 0. The first-order valence-corrected chi connectivity index (χ1v) is 4.28. The van der Waals surface area contributed by atoms with Crippen LogP contribution in [0.5, 0.6) is 0 Å². The molecule has 0 atom stereocenters. The van der Waals surface area contributed by atoms with E-state index in [1.807, 2.05) is 0 Å². The van der Waals surface area contributed by atoms with Crippen LogP contribution in [0.15, 0.2) is 0 Å². The van der Waals surface area contributed by atoms with Crippen LogP contribution in [0.2, 0.25) is 0 Å². The summed E-state index contributed by atoms with van der Waals surface area (Å²) < 4.78 is 5.27. The molecule has 10 heavy (non-hydrogen) atoms. The van der Waals surface area contributed by atoms with Crippen molar-refractivity contribution in [3.8, 4) is 0 Å². The molecule has 0 saturated carbocycles. The lowest BCUT2D eigenvalue weighted by Crippen LogP contribution is -1.95. The van der Waals surface area contributed by atoms with Crippen molar-refractivity contribution >= 4 is 0 Å². The first kappa shape index (κ1) is 9.96. The highest BCUT2D eigenvalue weighted by Crippen LogP contribution is 1.98. The third-order valence-electron chi connectivity index (χ3n) is 1.43. The minimum atomic E-state index is 0.826. The summed E-state index contributed by atoms with van der Waals surface area (Å²) in [6.07, 6.45) is 6.07. The molecule has 1 radical (unpaired) electrons. The van der Waals surface area contributed by atoms with Crippen LogP contribution in [0.4, 0.5) is 0 Å². The first-order chi connectivity index (χ1) is 4.91. The summed E-state index contributed by atoms with van der Waals surface area (Å²) in [5.74, 6) is 0. The van der Waals surface area contributed by atoms with E-state index in [0.29, 0.717) is 0 Å². The number of rotatable bonds is 7. The van der Waals surface area contributed by atoms with Crippen molar-refractivity contribution in [2.45, 2.75) is 39.0 Å². The molecule has 1 nitrogen and oxygen atoms in total. The Bertz CT molecular complexity index is 44.7. The van der Waals surface area contributed by atoms with E-state index in [9.17, 15) is 0 Å². The molecular weight excluding hydrogens is 124 g/mol. The minimum Gasteiger partial charge on any atom is -0.381 e. The van der Waals surface area contributed by atoms with Gasteiger partial charge in [0, 0.05) is 13.2 Å². The summed E-state index contributed by atoms with van der Waals surface area (Å²) in [5.41, 5.74) is 0. The van der Waals surface area contributed by atoms with Gasteiger partial charge in [-0.3, -0.25) is 0 Å². The lowest BCUT2D eigenvalue weighted by Gasteiger charge is -2.00. The molecule has 0 aliphatic carbocycles. The highest BCUT2D eigenvalue weighted by molar-refractivity contribution is 4.40. The molecule has 0 aromatic carbocycles. The van der Waals surface area contributed by atoms with E-state index >= 15 is 0 Å². The smallest absolute Gasteiger partial charge is 0.0466 e. The molecule has 1 heteroatoms. The van der Waals surface area contributed by atoms with Gasteiger partial charge in [0.25, 0.3) is 0 Å². The number of unbranched alkanes of at least 4 members (excludes halogenated alkanes) is 3. The Morgan fingerprint density at radius 2 is 1.90 bits per heavy atom. The highest BCUT2D eigenvalue weighted by Gasteiger charge is 1.86. The Balaban J connectivity index is 2.65. The largest absolute Gasteiger partial charge is 0.381 e. The van der Waals surface area contributed by atoms with Gasteiger partial charge in [-0.05, 0) is 12.8 Å². The van der Waals surface area contributed by atoms with Gasteiger partial charge in [0.15, 0.2) is 0 Å². The number of hydrogen-bond acceptors (Lipinski definition) is 1. The predicted octanol–water partition coefficient (Wildman–Crippen LogP) is 2.81. The van der Waals surface area contributed by atoms with Crippen LogP contribution in [0.1, 0.15) is 39.0 Å². The van der Waals surface area contributed by atoms with E-state index in [-0.39, 0.29) is 0 Å². The SMILES string of the molecule is [CH2]CCOCCCCCC. The Morgan fingerprint density at radius 1 is 1.10 bits per heavy atom. The van der Waals surface area contributed by atoms with E-state index in [2.05, 4.69) is 13.8 Å². The molecule has 0 heterocycles. The van der Waals surface area contributed by atoms with E-state index in [1.54, 1.807) is 0 Å². The average molecular weight is 143 g/mol. The van der Waals surface area contributed by atoms with Crippen LogP contribution in [-0.2, 0) is 4.74 Å². The van der Waals surface area contributed by atoms with Gasteiger partial charge in [0.2, 0.25) is 0 Å². The van der Waals surface area contributed by atoms with Gasteiger partial charge in [-0.25, -0.2) is 0 Å². The van der Waals surface area contributed by atoms with E-state index in [4.69, 9.17) is 4.74 Å². The van der Waals surface area contributed by atoms with Gasteiger partial charge in [-0.1, -0.05) is 33.1 Å². The summed E-state index contributed by atoms with van der Waals surface area (Å²) in [7, 11) is 0. The van der Waals surface area contributed by atoms with Crippen LogP contribution in [0, 0.1) is 6.92 Å². The molecule has 0 unspecified atom stereocenters. The van der Waals surface area contributed by atoms with Crippen molar-refractivity contribution in [2.75, 3.05) is 13.2 Å². The van der Waals surface area contributed by atoms with Crippen LogP contribution < -0.4 is 0 Å². The quantitative estimate of drug-likeness (QED) is 0.498. The Labute approximate surface area is 64.8 Å². The Hall–Kier alpha value is -0.0400. The van der Waals surface area contributed by atoms with Crippen molar-refractivity contribution in [1.82, 2.24) is 0 Å². The fraction of sp³-hybridized carbons (Fsp3) is 0.889. The minimum absolute atomic E-state index is 0.826. The van der Waals surface area contributed by atoms with Crippen LogP contribution in [-0.4, -0.2) is 13.2 Å². The second-order valence-corrected chi connectivity index (χ2v) is 2.53. The molecule has 0 aliphatic rings. The Morgan fingerprint density at radius 3 is 2.50 bits per heavy atom. The molecule has 0 bridgehead atoms. The van der Waals surface area contributed by atoms with Gasteiger partial charge >= 0.3 is 0 Å². The fourth-order valence-corrected chi connectivity index (χ4v) is 0.835. The maximum Gasteiger partial charge on any atom is 0.0466 e. The van der Waals surface area contributed by atoms with Gasteiger partial charge in [-0.15, -0.1) is 0 Å². The third kappa shape index (κ3) is 7.96. The normalized spacial score (nSPS) is 10.2. The molecule has 0 aromatic heterocycles. The van der Waals surface area contributed by atoms with Gasteiger partial charge < -0.3 is 4.74 Å². The molecule has 0 amide bonds. The van der Waals surface area contributed by atoms with Gasteiger partial charge in [0.05, 0.1) is 0 Å². The lowest BCUT2D eigenvalue weighted by atomic mass is 10.2. The van der Waals surface area contributed by atoms with Gasteiger partial charge in [0.1, 0.15) is 0 Å². The first-order valence-electron chi connectivity index (χ1n) is 4.28. The van der Waals surface area contributed by atoms with E-state index in [1.165, 1.54) is 25.7 Å². The molecule has 0 aliphatic heterocycles. The monoisotopic (exact) mass is 143 g/mol. The third-order valence-corrected chi connectivity index (χ3v) is 1.43. The van der Waals surface area contributed by atoms with Crippen molar-refractivity contribution in [3.05, 3.63) is 6.92 Å². The fourth-order valence-electron chi connectivity index (χ4n) is 0.835. The Kier molecular flexibility index (Phi) is 8.92. The maximum atomic E-state index is 5.27. The van der Waals surface area contributed by atoms with Crippen molar-refractivity contribution < 1.29 is 4.74 Å². The van der Waals surface area contributed by atoms with Gasteiger partial charge in [-0.2, -0.15) is 0 Å². The highest BCUT2D eigenvalue weighted by atomic mass is 16.5. The molecule has 0 N–H and O–H groups in total. The molecule has 0 aromatic rings. The lowest BCUT2D eigenvalue weighted by molar-refractivity contribution is 0.134. The van der Waals surface area contributed by atoms with Crippen molar-refractivity contribution in [3.63, 3.8) is 0 Å². The summed E-state index contributed by atoms with van der Waals surface area (Å²) in [6.45, 7) is 7.67. The molecule has 0 rings (SSSR count). The molecule has 0 fully saturated rings. The number of ether oxygens (including phenoxy) is 1. The zero-order chi connectivity index (χ0) is 7.66. The standard InChI is InChI=1S/C9H19O/c1-3-5-6-7-9-10-8-4-2/h2-9H2,1H3. The summed E-state index contributed by atoms with van der Waals surface area (Å²) in [6, 6.07) is 0. The van der Waals surface area contributed by atoms with E-state index < -0.39 is 0 Å². The maximum absolute atomic E-state index is 5.27. The van der Waals surface area contributed by atoms with Crippen LogP contribution in [0.25, 0.3) is 0 Å². The second kappa shape index (κ2) is 8.96. The molecule has 61 valence electrons. The molecule has 0 spiro atoms. The summed E-state index contributed by atoms with van der Waals surface area (Å²) >= 11 is 0. The van der Waals surface area contributed by atoms with Crippen molar-refractivity contribution in [1.29, 1.82) is 0 Å². The molecule has 0 saturated heterocycles. The number of hydrogen-bond donors (Lipinski definition) is 0. The topological polar surface area (TPSA) is 9.23 Å². The zero-order valence-corrected chi connectivity index (χ0v) is 7.07. The summed E-state index contributed by atoms with van der Waals surface area (Å²) in [5, 5.41) is 0. The van der Waals surface area contributed by atoms with E-state index in [0.717, 1.165) is 19.6 Å². The molecular formula is C9H19O. The second-order valence-electron chi connectivity index (χ2n) is 2.53. The average Bonchev–Trinajstić information content (AvgIpc) is 1.97. The predicted molar refractivity (Wildman–Crippen MR) is 44.9 cm³/mol. The van der Waals surface area contributed by atoms with Crippen LogP contribution in [0.3, 0.4) is 0 Å². The zero-order valence-electron chi connectivity index (χ0n) is 7.07. The van der Waals surface area contributed by atoms with Crippen molar-refractivity contribution in [2.24, 2.45) is 0 Å². The van der Waals surface area contributed by atoms with Crippen LogP contribution >= 0.6 is 0 Å².